The van der Waals surface area contributed by atoms with E-state index < -0.39 is 21.5 Å². The van der Waals surface area contributed by atoms with Crippen molar-refractivity contribution in [3.8, 4) is 0 Å². The van der Waals surface area contributed by atoms with E-state index in [-0.39, 0.29) is 24.2 Å². The lowest BCUT2D eigenvalue weighted by atomic mass is 10.0. The summed E-state index contributed by atoms with van der Waals surface area (Å²) in [5.74, 6) is -0.600. The second-order valence-corrected chi connectivity index (χ2v) is 7.78. The van der Waals surface area contributed by atoms with Crippen LogP contribution in [-0.4, -0.2) is 61.3 Å². The van der Waals surface area contributed by atoms with Crippen LogP contribution in [0.4, 0.5) is 0 Å². The summed E-state index contributed by atoms with van der Waals surface area (Å²) in [5, 5.41) is 0. The van der Waals surface area contributed by atoms with Crippen molar-refractivity contribution in [3.05, 3.63) is 0 Å². The van der Waals surface area contributed by atoms with Crippen LogP contribution >= 0.6 is 0 Å². The second kappa shape index (κ2) is 7.77. The molecular formula is C14H26N2O4S. The molecule has 0 spiro atoms. The average molecular weight is 318 g/mol. The van der Waals surface area contributed by atoms with Crippen LogP contribution in [0.3, 0.4) is 0 Å². The Morgan fingerprint density at radius 2 is 1.62 bits per heavy atom. The monoisotopic (exact) mass is 318 g/mol. The number of rotatable bonds is 6. The predicted molar refractivity (Wildman–Crippen MR) is 81.3 cm³/mol. The molecule has 1 atom stereocenters. The van der Waals surface area contributed by atoms with Gasteiger partial charge in [0.05, 0.1) is 12.4 Å². The predicted octanol–water partition coefficient (Wildman–Crippen LogP) is 0.876. The standard InChI is InChI=1S/C14H26N2O4S/c1-4-7-21(19,20)10-14(18)16-9-12(5-2)8-15(11-16)13(17)6-3/h12H,4-11H2,1-3H3. The van der Waals surface area contributed by atoms with Gasteiger partial charge in [0.25, 0.3) is 0 Å². The molecule has 1 aliphatic rings. The van der Waals surface area contributed by atoms with Gasteiger partial charge in [0.2, 0.25) is 11.8 Å². The van der Waals surface area contributed by atoms with E-state index in [2.05, 4.69) is 0 Å². The lowest BCUT2D eigenvalue weighted by molar-refractivity contribution is -0.143. The van der Waals surface area contributed by atoms with Gasteiger partial charge in [-0.25, -0.2) is 8.42 Å². The molecule has 1 unspecified atom stereocenters. The molecule has 7 heteroatoms. The molecule has 1 saturated heterocycles. The highest BCUT2D eigenvalue weighted by Gasteiger charge is 2.31. The van der Waals surface area contributed by atoms with Gasteiger partial charge < -0.3 is 9.80 Å². The first-order chi connectivity index (χ1) is 9.82. The highest BCUT2D eigenvalue weighted by atomic mass is 32.2. The van der Waals surface area contributed by atoms with Crippen molar-refractivity contribution < 1.29 is 18.0 Å². The number of hydrogen-bond acceptors (Lipinski definition) is 4. The molecule has 1 rings (SSSR count). The Morgan fingerprint density at radius 3 is 2.10 bits per heavy atom. The summed E-state index contributed by atoms with van der Waals surface area (Å²) in [4.78, 5) is 27.2. The van der Waals surface area contributed by atoms with Gasteiger partial charge >= 0.3 is 0 Å². The van der Waals surface area contributed by atoms with Gasteiger partial charge in [0.1, 0.15) is 5.75 Å². The van der Waals surface area contributed by atoms with Gasteiger partial charge in [-0.05, 0) is 18.8 Å². The maximum atomic E-state index is 12.2. The van der Waals surface area contributed by atoms with Crippen LogP contribution in [0.15, 0.2) is 0 Å². The normalized spacial score (nSPS) is 19.7. The van der Waals surface area contributed by atoms with Crippen molar-refractivity contribution in [1.29, 1.82) is 0 Å². The summed E-state index contributed by atoms with van der Waals surface area (Å²) >= 11 is 0. The molecule has 0 aromatic carbocycles. The number of carbonyl (C=O) groups excluding carboxylic acids is 2. The third-order valence-corrected chi connectivity index (χ3v) is 5.46. The van der Waals surface area contributed by atoms with Crippen molar-refractivity contribution >= 4 is 21.7 Å². The summed E-state index contributed by atoms with van der Waals surface area (Å²) in [6, 6.07) is 0. The number of carbonyl (C=O) groups is 2. The van der Waals surface area contributed by atoms with E-state index >= 15 is 0 Å². The average Bonchev–Trinajstić information content (AvgIpc) is 2.45. The van der Waals surface area contributed by atoms with E-state index in [9.17, 15) is 18.0 Å². The lowest BCUT2D eigenvalue weighted by Gasteiger charge is -2.40. The zero-order chi connectivity index (χ0) is 16.0. The molecule has 6 nitrogen and oxygen atoms in total. The van der Waals surface area contributed by atoms with Crippen LogP contribution in [0.2, 0.25) is 0 Å². The van der Waals surface area contributed by atoms with Crippen molar-refractivity contribution in [2.24, 2.45) is 5.92 Å². The number of hydrogen-bond donors (Lipinski definition) is 0. The van der Waals surface area contributed by atoms with Crippen molar-refractivity contribution in [1.82, 2.24) is 9.80 Å². The largest absolute Gasteiger partial charge is 0.325 e. The first kappa shape index (κ1) is 17.9. The molecule has 1 aliphatic heterocycles. The summed E-state index contributed by atoms with van der Waals surface area (Å²) < 4.78 is 23.6. The van der Waals surface area contributed by atoms with Gasteiger partial charge in [-0.3, -0.25) is 9.59 Å². The maximum absolute atomic E-state index is 12.2. The highest BCUT2D eigenvalue weighted by Crippen LogP contribution is 2.17. The first-order valence-corrected chi connectivity index (χ1v) is 9.41. The zero-order valence-electron chi connectivity index (χ0n) is 13.2. The molecule has 0 saturated carbocycles. The Labute approximate surface area is 127 Å². The van der Waals surface area contributed by atoms with E-state index in [1.54, 1.807) is 18.7 Å². The Morgan fingerprint density at radius 1 is 1.05 bits per heavy atom. The third kappa shape index (κ3) is 5.30. The van der Waals surface area contributed by atoms with Gasteiger partial charge in [0, 0.05) is 19.5 Å². The Hall–Kier alpha value is -1.11. The Balaban J connectivity index is 2.75. The van der Waals surface area contributed by atoms with Crippen LogP contribution in [-0.2, 0) is 19.4 Å². The summed E-state index contributed by atoms with van der Waals surface area (Å²) in [5.41, 5.74) is 0. The molecule has 0 bridgehead atoms. The van der Waals surface area contributed by atoms with Crippen molar-refractivity contribution in [3.63, 3.8) is 0 Å². The van der Waals surface area contributed by atoms with E-state index in [1.165, 1.54) is 4.90 Å². The third-order valence-electron chi connectivity index (χ3n) is 3.74. The van der Waals surface area contributed by atoms with Gasteiger partial charge in [-0.1, -0.05) is 20.8 Å². The minimum atomic E-state index is -3.34. The SMILES string of the molecule is CCCS(=O)(=O)CC(=O)N1CC(CC)CN(C(=O)CC)C1. The number of nitrogens with zero attached hydrogens (tertiary/aromatic N) is 2. The molecule has 21 heavy (non-hydrogen) atoms. The number of amides is 2. The quantitative estimate of drug-likeness (QED) is 0.728. The van der Waals surface area contributed by atoms with E-state index in [1.807, 2.05) is 6.92 Å². The molecule has 1 heterocycles. The summed E-state index contributed by atoms with van der Waals surface area (Å²) in [6.45, 7) is 6.97. The van der Waals surface area contributed by atoms with Gasteiger partial charge in [-0.15, -0.1) is 0 Å². The lowest BCUT2D eigenvalue weighted by Crippen LogP contribution is -2.54. The molecule has 1 fully saturated rings. The Bertz CT molecular complexity index is 475. The fourth-order valence-electron chi connectivity index (χ4n) is 2.51. The van der Waals surface area contributed by atoms with Crippen molar-refractivity contribution in [2.75, 3.05) is 31.3 Å². The summed E-state index contributed by atoms with van der Waals surface area (Å²) in [6.07, 6.45) is 1.76. The minimum Gasteiger partial charge on any atom is -0.325 e. The molecule has 122 valence electrons. The molecular weight excluding hydrogens is 292 g/mol. The fourth-order valence-corrected chi connectivity index (χ4v) is 3.83. The van der Waals surface area contributed by atoms with Crippen LogP contribution in [0.5, 0.6) is 0 Å². The molecule has 0 aromatic rings. The second-order valence-electron chi connectivity index (χ2n) is 5.59. The van der Waals surface area contributed by atoms with Crippen LogP contribution in [0.25, 0.3) is 0 Å². The molecule has 0 aliphatic carbocycles. The molecule has 0 radical (unpaired) electrons. The van der Waals surface area contributed by atoms with E-state index in [0.29, 0.717) is 25.9 Å². The van der Waals surface area contributed by atoms with Crippen LogP contribution < -0.4 is 0 Å². The van der Waals surface area contributed by atoms with E-state index in [4.69, 9.17) is 0 Å². The maximum Gasteiger partial charge on any atom is 0.239 e. The highest BCUT2D eigenvalue weighted by molar-refractivity contribution is 7.92. The van der Waals surface area contributed by atoms with Gasteiger partial charge in [-0.2, -0.15) is 0 Å². The fraction of sp³-hybridized carbons (Fsp3) is 0.857. The Kier molecular flexibility index (Phi) is 6.64. The molecule has 0 N–H and O–H groups in total. The zero-order valence-corrected chi connectivity index (χ0v) is 14.0. The first-order valence-electron chi connectivity index (χ1n) is 7.58. The van der Waals surface area contributed by atoms with Crippen LogP contribution in [0.1, 0.15) is 40.0 Å². The molecule has 0 aromatic heterocycles. The summed E-state index contributed by atoms with van der Waals surface area (Å²) in [7, 11) is -3.34. The van der Waals surface area contributed by atoms with Gasteiger partial charge in [0.15, 0.2) is 9.84 Å². The minimum absolute atomic E-state index is 0.00219. The van der Waals surface area contributed by atoms with Crippen LogP contribution in [0, 0.1) is 5.92 Å². The topological polar surface area (TPSA) is 74.8 Å². The van der Waals surface area contributed by atoms with Crippen molar-refractivity contribution in [2.45, 2.75) is 40.0 Å². The smallest absolute Gasteiger partial charge is 0.239 e. The van der Waals surface area contributed by atoms with E-state index in [0.717, 1.165) is 6.42 Å². The molecule has 2 amide bonds. The number of sulfone groups is 1.